The Morgan fingerprint density at radius 1 is 1.13 bits per heavy atom. The van der Waals surface area contributed by atoms with Crippen LogP contribution in [0, 0.1) is 0 Å². The second kappa shape index (κ2) is 9.75. The minimum atomic E-state index is -0.445. The van der Waals surface area contributed by atoms with Gasteiger partial charge in [0.2, 0.25) is 0 Å². The topological polar surface area (TPSA) is 55.8 Å². The van der Waals surface area contributed by atoms with Crippen molar-refractivity contribution in [3.8, 4) is 5.75 Å². The maximum atomic E-state index is 12.4. The predicted octanol–water partition coefficient (Wildman–Crippen LogP) is 5.58. The number of ketones is 1. The van der Waals surface area contributed by atoms with Crippen LogP contribution in [0.4, 0.5) is 5.69 Å². The summed E-state index contributed by atoms with van der Waals surface area (Å²) in [7, 11) is 1.94. The lowest BCUT2D eigenvalue weighted by Gasteiger charge is -2.23. The van der Waals surface area contributed by atoms with Crippen LogP contribution in [0.1, 0.15) is 32.3 Å². The second-order valence-corrected chi connectivity index (χ2v) is 8.73. The fraction of sp³-hybridized carbons (Fsp3) is 0.333. The Hall–Kier alpha value is -2.50. The van der Waals surface area contributed by atoms with E-state index < -0.39 is 5.97 Å². The summed E-state index contributed by atoms with van der Waals surface area (Å²) >= 11 is 11.9. The molecule has 0 saturated carbocycles. The van der Waals surface area contributed by atoms with Crippen LogP contribution in [0.2, 0.25) is 10.0 Å². The maximum Gasteiger partial charge on any atom is 0.306 e. The van der Waals surface area contributed by atoms with Crippen molar-refractivity contribution in [1.82, 2.24) is 0 Å². The highest BCUT2D eigenvalue weighted by atomic mass is 35.5. The number of hydrogen-bond acceptors (Lipinski definition) is 5. The summed E-state index contributed by atoms with van der Waals surface area (Å²) in [5, 5.41) is 0.937. The van der Waals surface area contributed by atoms with Gasteiger partial charge in [-0.2, -0.15) is 0 Å². The Bertz CT molecular complexity index is 1020. The van der Waals surface area contributed by atoms with Gasteiger partial charge < -0.3 is 14.4 Å². The summed E-state index contributed by atoms with van der Waals surface area (Å²) in [5.41, 5.74) is 2.81. The monoisotopic (exact) mass is 461 g/mol. The molecule has 0 spiro atoms. The fourth-order valence-electron chi connectivity index (χ4n) is 3.67. The van der Waals surface area contributed by atoms with Crippen molar-refractivity contribution in [3.63, 3.8) is 0 Å². The van der Waals surface area contributed by atoms with Crippen LogP contribution in [0.5, 0.6) is 5.75 Å². The van der Waals surface area contributed by atoms with Crippen molar-refractivity contribution >= 4 is 40.6 Å². The van der Waals surface area contributed by atoms with Gasteiger partial charge in [-0.1, -0.05) is 55.2 Å². The van der Waals surface area contributed by atoms with Gasteiger partial charge in [0.05, 0.1) is 11.6 Å². The Balaban J connectivity index is 1.46. The van der Waals surface area contributed by atoms with E-state index in [2.05, 4.69) is 19.9 Å². The lowest BCUT2D eigenvalue weighted by Crippen LogP contribution is -2.25. The van der Waals surface area contributed by atoms with E-state index in [0.717, 1.165) is 16.9 Å². The number of esters is 1. The molecule has 0 N–H and O–H groups in total. The predicted molar refractivity (Wildman–Crippen MR) is 123 cm³/mol. The molecule has 5 nitrogen and oxygen atoms in total. The van der Waals surface area contributed by atoms with E-state index in [-0.39, 0.29) is 24.2 Å². The molecule has 0 saturated heterocycles. The van der Waals surface area contributed by atoms with E-state index in [4.69, 9.17) is 32.7 Å². The van der Waals surface area contributed by atoms with Gasteiger partial charge in [-0.25, -0.2) is 0 Å². The van der Waals surface area contributed by atoms with Crippen molar-refractivity contribution < 1.29 is 19.1 Å². The minimum absolute atomic E-state index is 0.145. The largest absolute Gasteiger partial charge is 0.492 e. The standard InChI is InChI=1S/C24H25Cl2NO4/c1-24(2)18-7-4-5-8-20(18)27(3)22(24)14-17(28)15-31-23(29)9-6-12-30-21-11-10-16(25)13-19(21)26/h4-5,7-8,10-11,13-14H,6,9,12,15H2,1-3H3. The summed E-state index contributed by atoms with van der Waals surface area (Å²) in [4.78, 5) is 26.4. The number of para-hydroxylation sites is 1. The summed E-state index contributed by atoms with van der Waals surface area (Å²) in [5.74, 6) is -0.189. The molecule has 3 rings (SSSR count). The van der Waals surface area contributed by atoms with Crippen LogP contribution in [-0.2, 0) is 19.7 Å². The first kappa shape index (κ1) is 23.2. The first-order valence-corrected chi connectivity index (χ1v) is 10.8. The molecule has 0 unspecified atom stereocenters. The Morgan fingerprint density at radius 3 is 2.58 bits per heavy atom. The van der Waals surface area contributed by atoms with Gasteiger partial charge in [0.1, 0.15) is 5.75 Å². The van der Waals surface area contributed by atoms with E-state index >= 15 is 0 Å². The van der Waals surface area contributed by atoms with Crippen LogP contribution < -0.4 is 9.64 Å². The van der Waals surface area contributed by atoms with Crippen LogP contribution in [0.25, 0.3) is 0 Å². The van der Waals surface area contributed by atoms with Gasteiger partial charge in [-0.05, 0) is 36.2 Å². The molecule has 1 aliphatic rings. The van der Waals surface area contributed by atoms with Gasteiger partial charge in [-0.3, -0.25) is 9.59 Å². The molecule has 31 heavy (non-hydrogen) atoms. The van der Waals surface area contributed by atoms with E-state index in [0.29, 0.717) is 28.8 Å². The minimum Gasteiger partial charge on any atom is -0.492 e. The molecular weight excluding hydrogens is 437 g/mol. The molecular formula is C24H25Cl2NO4. The molecule has 0 aliphatic carbocycles. The molecule has 0 aromatic heterocycles. The normalized spacial score (nSPS) is 15.6. The zero-order valence-electron chi connectivity index (χ0n) is 17.8. The number of carbonyl (C=O) groups excluding carboxylic acids is 2. The van der Waals surface area contributed by atoms with Crippen LogP contribution in [0.3, 0.4) is 0 Å². The molecule has 0 fully saturated rings. The highest BCUT2D eigenvalue weighted by Gasteiger charge is 2.38. The Kier molecular flexibility index (Phi) is 7.29. The number of carbonyl (C=O) groups is 2. The number of rotatable bonds is 8. The third kappa shape index (κ3) is 5.41. The Labute approximate surface area is 192 Å². The van der Waals surface area contributed by atoms with Crippen molar-refractivity contribution in [2.45, 2.75) is 32.1 Å². The number of benzene rings is 2. The van der Waals surface area contributed by atoms with E-state index in [1.165, 1.54) is 0 Å². The lowest BCUT2D eigenvalue weighted by atomic mass is 9.83. The first-order chi connectivity index (χ1) is 14.7. The lowest BCUT2D eigenvalue weighted by molar-refractivity contribution is -0.147. The van der Waals surface area contributed by atoms with Crippen molar-refractivity contribution in [2.24, 2.45) is 0 Å². The molecule has 2 aromatic rings. The van der Waals surface area contributed by atoms with Crippen molar-refractivity contribution in [2.75, 3.05) is 25.2 Å². The zero-order chi connectivity index (χ0) is 22.6. The molecule has 164 valence electrons. The number of nitrogens with zero attached hydrogens (tertiary/aromatic N) is 1. The highest BCUT2D eigenvalue weighted by Crippen LogP contribution is 2.46. The summed E-state index contributed by atoms with van der Waals surface area (Å²) in [6.07, 6.45) is 2.16. The number of allylic oxidation sites excluding steroid dienone is 1. The van der Waals surface area contributed by atoms with Gasteiger partial charge >= 0.3 is 5.97 Å². The maximum absolute atomic E-state index is 12.4. The number of ether oxygens (including phenoxy) is 2. The van der Waals surface area contributed by atoms with Crippen molar-refractivity contribution in [1.29, 1.82) is 0 Å². The van der Waals surface area contributed by atoms with Crippen LogP contribution >= 0.6 is 23.2 Å². The van der Waals surface area contributed by atoms with Crippen LogP contribution in [-0.4, -0.2) is 32.0 Å². The van der Waals surface area contributed by atoms with Gasteiger partial charge in [0.15, 0.2) is 12.4 Å². The van der Waals surface area contributed by atoms with Crippen molar-refractivity contribution in [3.05, 3.63) is 69.8 Å². The molecule has 0 radical (unpaired) electrons. The van der Waals surface area contributed by atoms with E-state index in [1.807, 2.05) is 30.1 Å². The molecule has 2 aromatic carbocycles. The molecule has 0 bridgehead atoms. The fourth-order valence-corrected chi connectivity index (χ4v) is 4.13. The molecule has 7 heteroatoms. The highest BCUT2D eigenvalue weighted by molar-refractivity contribution is 6.35. The van der Waals surface area contributed by atoms with Gasteiger partial charge in [-0.15, -0.1) is 0 Å². The number of fused-ring (bicyclic) bond motifs is 1. The zero-order valence-corrected chi connectivity index (χ0v) is 19.3. The summed E-state index contributed by atoms with van der Waals surface area (Å²) < 4.78 is 10.7. The number of halogens is 2. The average molecular weight is 462 g/mol. The first-order valence-electron chi connectivity index (χ1n) is 10.0. The molecule has 0 atom stereocenters. The Morgan fingerprint density at radius 2 is 1.87 bits per heavy atom. The smallest absolute Gasteiger partial charge is 0.306 e. The second-order valence-electron chi connectivity index (χ2n) is 7.88. The molecule has 0 amide bonds. The quantitative estimate of drug-likeness (QED) is 0.291. The van der Waals surface area contributed by atoms with E-state index in [1.54, 1.807) is 24.3 Å². The van der Waals surface area contributed by atoms with Crippen LogP contribution in [0.15, 0.2) is 54.2 Å². The molecule has 1 aliphatic heterocycles. The third-order valence-electron chi connectivity index (χ3n) is 5.29. The SMILES string of the molecule is CN1C(=CC(=O)COC(=O)CCCOc2ccc(Cl)cc2Cl)C(C)(C)c2ccccc21. The third-order valence-corrected chi connectivity index (χ3v) is 5.82. The summed E-state index contributed by atoms with van der Waals surface area (Å²) in [6, 6.07) is 13.0. The number of likely N-dealkylation sites (N-methyl/N-ethyl adjacent to an activating group) is 1. The van der Waals surface area contributed by atoms with E-state index in [9.17, 15) is 9.59 Å². The number of anilines is 1. The van der Waals surface area contributed by atoms with Gasteiger partial charge in [0, 0.05) is 41.4 Å². The number of hydrogen-bond donors (Lipinski definition) is 0. The summed E-state index contributed by atoms with van der Waals surface area (Å²) in [6.45, 7) is 4.17. The van der Waals surface area contributed by atoms with Gasteiger partial charge in [0.25, 0.3) is 0 Å². The average Bonchev–Trinajstić information content (AvgIpc) is 2.92. The molecule has 1 heterocycles.